The van der Waals surface area contributed by atoms with E-state index in [1.54, 1.807) is 12.1 Å². The van der Waals surface area contributed by atoms with Gasteiger partial charge in [-0.05, 0) is 30.7 Å². The minimum Gasteiger partial charge on any atom is -0.478 e. The number of aromatic nitrogens is 2. The number of hydrogen-bond donors (Lipinski definition) is 2. The molecule has 0 radical (unpaired) electrons. The van der Waals surface area contributed by atoms with Gasteiger partial charge >= 0.3 is 5.97 Å². The Morgan fingerprint density at radius 3 is 2.80 bits per heavy atom. The van der Waals surface area contributed by atoms with E-state index in [-0.39, 0.29) is 5.56 Å². The van der Waals surface area contributed by atoms with Crippen molar-refractivity contribution < 1.29 is 9.90 Å². The Kier molecular flexibility index (Phi) is 3.06. The van der Waals surface area contributed by atoms with Crippen molar-refractivity contribution in [2.24, 2.45) is 0 Å². The minimum absolute atomic E-state index is 0.205. The van der Waals surface area contributed by atoms with Crippen molar-refractivity contribution in [1.29, 1.82) is 0 Å². The first-order chi connectivity index (χ1) is 9.56. The maximum atomic E-state index is 11.2. The van der Waals surface area contributed by atoms with Gasteiger partial charge in [-0.2, -0.15) is 0 Å². The summed E-state index contributed by atoms with van der Waals surface area (Å²) in [6.45, 7) is 2.01. The molecule has 2 N–H and O–H groups in total. The van der Waals surface area contributed by atoms with Crippen LogP contribution in [0.1, 0.15) is 15.9 Å². The molecular weight excluding hydrogens is 320 g/mol. The van der Waals surface area contributed by atoms with Crippen molar-refractivity contribution in [3.8, 4) is 11.4 Å². The zero-order valence-corrected chi connectivity index (χ0v) is 12.2. The first-order valence-electron chi connectivity index (χ1n) is 6.05. The van der Waals surface area contributed by atoms with Crippen molar-refractivity contribution in [2.75, 3.05) is 0 Å². The molecule has 3 rings (SSSR count). The monoisotopic (exact) mass is 330 g/mol. The van der Waals surface area contributed by atoms with Crippen molar-refractivity contribution in [3.05, 3.63) is 52.0 Å². The zero-order valence-electron chi connectivity index (χ0n) is 10.6. The predicted octanol–water partition coefficient (Wildman–Crippen LogP) is 4.00. The van der Waals surface area contributed by atoms with E-state index >= 15 is 0 Å². The summed E-state index contributed by atoms with van der Waals surface area (Å²) in [5, 5.41) is 9.18. The fourth-order valence-electron chi connectivity index (χ4n) is 2.08. The molecule has 0 spiro atoms. The van der Waals surface area contributed by atoms with Gasteiger partial charge in [-0.15, -0.1) is 0 Å². The second kappa shape index (κ2) is 4.76. The average molecular weight is 331 g/mol. The van der Waals surface area contributed by atoms with Gasteiger partial charge in [0.05, 0.1) is 11.1 Å². The smallest absolute Gasteiger partial charge is 0.337 e. The Labute approximate surface area is 123 Å². The third-order valence-electron chi connectivity index (χ3n) is 3.19. The van der Waals surface area contributed by atoms with Gasteiger partial charge in [0.15, 0.2) is 0 Å². The van der Waals surface area contributed by atoms with Crippen LogP contribution in [0.3, 0.4) is 0 Å². The molecule has 0 aliphatic heterocycles. The summed E-state index contributed by atoms with van der Waals surface area (Å²) in [4.78, 5) is 18.8. The van der Waals surface area contributed by atoms with Crippen LogP contribution in [-0.4, -0.2) is 21.0 Å². The van der Waals surface area contributed by atoms with Crippen LogP contribution in [-0.2, 0) is 0 Å². The Bertz CT molecular complexity index is 824. The molecule has 3 aromatic rings. The summed E-state index contributed by atoms with van der Waals surface area (Å²) in [6, 6.07) is 11.0. The van der Waals surface area contributed by atoms with Gasteiger partial charge in [-0.25, -0.2) is 9.78 Å². The molecule has 1 heterocycles. The van der Waals surface area contributed by atoms with E-state index in [0.717, 1.165) is 21.1 Å². The number of aromatic amines is 1. The molecule has 2 aromatic carbocycles. The predicted molar refractivity (Wildman–Crippen MR) is 80.9 cm³/mol. The molecule has 0 aliphatic rings. The van der Waals surface area contributed by atoms with Gasteiger partial charge in [0.25, 0.3) is 0 Å². The van der Waals surface area contributed by atoms with Crippen molar-refractivity contribution in [1.82, 2.24) is 9.97 Å². The van der Waals surface area contributed by atoms with Crippen LogP contribution in [0.25, 0.3) is 22.4 Å². The highest BCUT2D eigenvalue weighted by molar-refractivity contribution is 9.10. The molecule has 0 saturated carbocycles. The van der Waals surface area contributed by atoms with Crippen molar-refractivity contribution in [3.63, 3.8) is 0 Å². The van der Waals surface area contributed by atoms with Crippen molar-refractivity contribution >= 4 is 32.9 Å². The second-order valence-electron chi connectivity index (χ2n) is 4.56. The lowest BCUT2D eigenvalue weighted by atomic mass is 10.1. The molecular formula is C15H11BrN2O2. The molecule has 0 unspecified atom stereocenters. The first-order valence-corrected chi connectivity index (χ1v) is 6.84. The number of fused-ring (bicyclic) bond motifs is 1. The number of H-pyrrole nitrogens is 1. The van der Waals surface area contributed by atoms with Gasteiger partial charge < -0.3 is 10.1 Å². The van der Waals surface area contributed by atoms with Gasteiger partial charge in [-0.3, -0.25) is 0 Å². The highest BCUT2D eigenvalue weighted by atomic mass is 79.9. The molecule has 0 bridgehead atoms. The van der Waals surface area contributed by atoms with Gasteiger partial charge in [0.2, 0.25) is 0 Å². The number of carboxylic acids is 1. The van der Waals surface area contributed by atoms with E-state index in [2.05, 4.69) is 25.9 Å². The van der Waals surface area contributed by atoms with E-state index in [9.17, 15) is 9.90 Å². The standard InChI is InChI=1S/C15H11BrN2O2/c1-8-5-6-9(7-11(8)16)14-17-12-4-2-3-10(15(19)20)13(12)18-14/h2-7H,1H3,(H,17,18)(H,19,20). The first kappa shape index (κ1) is 12.9. The molecule has 100 valence electrons. The number of aromatic carboxylic acids is 1. The highest BCUT2D eigenvalue weighted by Gasteiger charge is 2.13. The number of carbonyl (C=O) groups is 1. The summed E-state index contributed by atoms with van der Waals surface area (Å²) in [5.41, 5.74) is 3.45. The summed E-state index contributed by atoms with van der Waals surface area (Å²) in [5.74, 6) is -0.312. The van der Waals surface area contributed by atoms with Crippen LogP contribution in [0, 0.1) is 6.92 Å². The van der Waals surface area contributed by atoms with Gasteiger partial charge in [0, 0.05) is 10.0 Å². The quantitative estimate of drug-likeness (QED) is 0.746. The fourth-order valence-corrected chi connectivity index (χ4v) is 2.46. The van der Waals surface area contributed by atoms with Crippen LogP contribution in [0.5, 0.6) is 0 Å². The van der Waals surface area contributed by atoms with E-state index in [1.165, 1.54) is 0 Å². The Hall–Kier alpha value is -2.14. The van der Waals surface area contributed by atoms with E-state index < -0.39 is 5.97 Å². The summed E-state index contributed by atoms with van der Waals surface area (Å²) in [7, 11) is 0. The SMILES string of the molecule is Cc1ccc(-c2nc3c(C(=O)O)cccc3[nH]2)cc1Br. The molecule has 20 heavy (non-hydrogen) atoms. The fraction of sp³-hybridized carbons (Fsp3) is 0.0667. The van der Waals surface area contributed by atoms with Crippen LogP contribution in [0.15, 0.2) is 40.9 Å². The summed E-state index contributed by atoms with van der Waals surface area (Å²) >= 11 is 3.49. The van der Waals surface area contributed by atoms with Crippen molar-refractivity contribution in [2.45, 2.75) is 6.92 Å². The Balaban J connectivity index is 2.20. The Morgan fingerprint density at radius 2 is 2.10 bits per heavy atom. The number of hydrogen-bond acceptors (Lipinski definition) is 2. The van der Waals surface area contributed by atoms with Crippen LogP contribution >= 0.6 is 15.9 Å². The molecule has 0 atom stereocenters. The van der Waals surface area contributed by atoms with Crippen LogP contribution in [0.2, 0.25) is 0 Å². The lowest BCUT2D eigenvalue weighted by Gasteiger charge is -2.00. The topological polar surface area (TPSA) is 66.0 Å². The minimum atomic E-state index is -0.973. The number of para-hydroxylation sites is 1. The van der Waals surface area contributed by atoms with E-state index in [0.29, 0.717) is 11.3 Å². The zero-order chi connectivity index (χ0) is 14.3. The third-order valence-corrected chi connectivity index (χ3v) is 4.04. The number of aryl methyl sites for hydroxylation is 1. The number of nitrogens with zero attached hydrogens (tertiary/aromatic N) is 1. The number of benzene rings is 2. The Morgan fingerprint density at radius 1 is 1.30 bits per heavy atom. The molecule has 0 aliphatic carbocycles. The normalized spacial score (nSPS) is 10.9. The number of carboxylic acid groups (broad SMARTS) is 1. The van der Waals surface area contributed by atoms with Gasteiger partial charge in [0.1, 0.15) is 11.3 Å². The molecule has 0 fully saturated rings. The van der Waals surface area contributed by atoms with E-state index in [1.807, 2.05) is 31.2 Å². The highest BCUT2D eigenvalue weighted by Crippen LogP contribution is 2.26. The van der Waals surface area contributed by atoms with Crippen LogP contribution in [0.4, 0.5) is 0 Å². The number of rotatable bonds is 2. The molecule has 0 saturated heterocycles. The maximum Gasteiger partial charge on any atom is 0.337 e. The number of imidazole rings is 1. The molecule has 0 amide bonds. The average Bonchev–Trinajstić information content (AvgIpc) is 2.85. The summed E-state index contributed by atoms with van der Waals surface area (Å²) < 4.78 is 0.994. The largest absolute Gasteiger partial charge is 0.478 e. The maximum absolute atomic E-state index is 11.2. The van der Waals surface area contributed by atoms with Crippen LogP contribution < -0.4 is 0 Å². The molecule has 1 aromatic heterocycles. The van der Waals surface area contributed by atoms with Gasteiger partial charge in [-0.1, -0.05) is 34.1 Å². The molecule has 4 nitrogen and oxygen atoms in total. The lowest BCUT2D eigenvalue weighted by molar-refractivity contribution is 0.0699. The molecule has 5 heteroatoms. The number of halogens is 1. The summed E-state index contributed by atoms with van der Waals surface area (Å²) in [6.07, 6.45) is 0. The lowest BCUT2D eigenvalue weighted by Crippen LogP contribution is -1.96. The number of nitrogens with one attached hydrogen (secondary N) is 1. The van der Waals surface area contributed by atoms with E-state index in [4.69, 9.17) is 0 Å². The second-order valence-corrected chi connectivity index (χ2v) is 5.41. The third kappa shape index (κ3) is 2.10.